The van der Waals surface area contributed by atoms with E-state index in [-0.39, 0.29) is 12.1 Å². The van der Waals surface area contributed by atoms with Crippen molar-refractivity contribution in [1.29, 1.82) is 0 Å². The van der Waals surface area contributed by atoms with Crippen LogP contribution in [0.5, 0.6) is 5.75 Å². The SMILES string of the molecule is CCC[CH2][Sn]([CH2]CCC)([CH2]CCC)[c]1ccc(OC(C)COC(C)=O)cc1. The maximum absolute atomic E-state index is 10.9. The van der Waals surface area contributed by atoms with E-state index in [0.29, 0.717) is 6.61 Å². The van der Waals surface area contributed by atoms with E-state index < -0.39 is 18.4 Å². The first-order chi connectivity index (χ1) is 13.0. The predicted octanol–water partition coefficient (Wildman–Crippen LogP) is 6.07. The molecule has 4 heteroatoms. The molecule has 1 aromatic carbocycles. The predicted molar refractivity (Wildman–Crippen MR) is 118 cm³/mol. The molecule has 0 spiro atoms. The summed E-state index contributed by atoms with van der Waals surface area (Å²) in [6.07, 6.45) is 7.89. The zero-order chi connectivity index (χ0) is 20.1. The Kier molecular flexibility index (Phi) is 12.1. The van der Waals surface area contributed by atoms with Crippen molar-refractivity contribution in [2.75, 3.05) is 6.61 Å². The normalized spacial score (nSPS) is 12.6. The molecular weight excluding hydrogens is 443 g/mol. The molecule has 1 unspecified atom stereocenters. The average molecular weight is 483 g/mol. The number of unbranched alkanes of at least 4 members (excludes halogenated alkanes) is 3. The molecule has 1 aromatic rings. The molecular formula is C23H40O3Sn. The van der Waals surface area contributed by atoms with Gasteiger partial charge >= 0.3 is 171 Å². The van der Waals surface area contributed by atoms with Crippen LogP contribution in [-0.4, -0.2) is 37.1 Å². The van der Waals surface area contributed by atoms with Gasteiger partial charge < -0.3 is 0 Å². The molecule has 0 fully saturated rings. The van der Waals surface area contributed by atoms with Gasteiger partial charge in [-0.05, 0) is 0 Å². The number of hydrogen-bond acceptors (Lipinski definition) is 3. The van der Waals surface area contributed by atoms with Crippen LogP contribution in [0.4, 0.5) is 0 Å². The van der Waals surface area contributed by atoms with Gasteiger partial charge in [0.15, 0.2) is 0 Å². The minimum atomic E-state index is -2.35. The molecule has 0 aromatic heterocycles. The molecule has 1 atom stereocenters. The fraction of sp³-hybridized carbons (Fsp3) is 0.696. The Morgan fingerprint density at radius 2 is 1.41 bits per heavy atom. The van der Waals surface area contributed by atoms with Crippen LogP contribution in [0.25, 0.3) is 0 Å². The fourth-order valence-corrected chi connectivity index (χ4v) is 19.7. The number of rotatable bonds is 14. The van der Waals surface area contributed by atoms with E-state index in [4.69, 9.17) is 9.47 Å². The summed E-state index contributed by atoms with van der Waals surface area (Å²) in [5.74, 6) is 0.613. The molecule has 27 heavy (non-hydrogen) atoms. The molecule has 0 heterocycles. The quantitative estimate of drug-likeness (QED) is 0.238. The van der Waals surface area contributed by atoms with Crippen molar-refractivity contribution >= 4 is 27.9 Å². The average Bonchev–Trinajstić information content (AvgIpc) is 2.67. The van der Waals surface area contributed by atoms with Crippen LogP contribution < -0.4 is 8.32 Å². The number of ether oxygens (including phenoxy) is 2. The molecule has 0 radical (unpaired) electrons. The Morgan fingerprint density at radius 3 is 1.81 bits per heavy atom. The molecule has 0 aliphatic carbocycles. The van der Waals surface area contributed by atoms with Gasteiger partial charge in [-0.1, -0.05) is 0 Å². The van der Waals surface area contributed by atoms with E-state index in [1.54, 1.807) is 3.58 Å². The number of carbonyl (C=O) groups excluding carboxylic acids is 1. The van der Waals surface area contributed by atoms with Crippen LogP contribution in [-0.2, 0) is 9.53 Å². The number of carbonyl (C=O) groups is 1. The van der Waals surface area contributed by atoms with Crippen molar-refractivity contribution in [3.8, 4) is 5.75 Å². The van der Waals surface area contributed by atoms with Crippen LogP contribution in [0.3, 0.4) is 0 Å². The summed E-state index contributed by atoms with van der Waals surface area (Å²) in [5, 5.41) is 0. The second-order valence-electron chi connectivity index (χ2n) is 7.85. The molecule has 154 valence electrons. The minimum absolute atomic E-state index is 0.131. The summed E-state index contributed by atoms with van der Waals surface area (Å²) >= 11 is -2.35. The van der Waals surface area contributed by atoms with Gasteiger partial charge in [-0.3, -0.25) is 0 Å². The van der Waals surface area contributed by atoms with Gasteiger partial charge in [-0.25, -0.2) is 0 Å². The van der Waals surface area contributed by atoms with E-state index in [1.165, 1.54) is 58.8 Å². The molecule has 0 N–H and O–H groups in total. The van der Waals surface area contributed by atoms with Crippen LogP contribution in [0.2, 0.25) is 13.3 Å². The van der Waals surface area contributed by atoms with Gasteiger partial charge in [0, 0.05) is 0 Å². The zero-order valence-corrected chi connectivity index (χ0v) is 21.0. The molecule has 0 aliphatic rings. The first-order valence-corrected chi connectivity index (χ1v) is 18.4. The monoisotopic (exact) mass is 484 g/mol. The van der Waals surface area contributed by atoms with Crippen molar-refractivity contribution in [1.82, 2.24) is 0 Å². The van der Waals surface area contributed by atoms with Crippen LogP contribution in [0.15, 0.2) is 24.3 Å². The third kappa shape index (κ3) is 8.89. The van der Waals surface area contributed by atoms with Gasteiger partial charge in [-0.2, -0.15) is 0 Å². The van der Waals surface area contributed by atoms with Crippen LogP contribution in [0, 0.1) is 0 Å². The van der Waals surface area contributed by atoms with Gasteiger partial charge in [0.25, 0.3) is 0 Å². The second kappa shape index (κ2) is 13.5. The Morgan fingerprint density at radius 1 is 0.926 bits per heavy atom. The topological polar surface area (TPSA) is 35.5 Å². The zero-order valence-electron chi connectivity index (χ0n) is 18.2. The van der Waals surface area contributed by atoms with E-state index in [0.717, 1.165) is 5.75 Å². The van der Waals surface area contributed by atoms with Gasteiger partial charge in [0.1, 0.15) is 0 Å². The molecule has 0 amide bonds. The molecule has 0 saturated heterocycles. The molecule has 1 rings (SSSR count). The maximum atomic E-state index is 10.9. The van der Waals surface area contributed by atoms with E-state index in [9.17, 15) is 4.79 Å². The summed E-state index contributed by atoms with van der Waals surface area (Å²) < 4.78 is 17.1. The Labute approximate surface area is 171 Å². The van der Waals surface area contributed by atoms with Gasteiger partial charge in [0.05, 0.1) is 0 Å². The molecule has 0 aliphatic heterocycles. The van der Waals surface area contributed by atoms with Crippen molar-refractivity contribution in [3.05, 3.63) is 24.3 Å². The number of hydrogen-bond donors (Lipinski definition) is 0. The summed E-state index contributed by atoms with van der Waals surface area (Å²) in [6, 6.07) is 8.97. The van der Waals surface area contributed by atoms with E-state index in [1.807, 2.05) is 6.92 Å². The third-order valence-electron chi connectivity index (χ3n) is 5.35. The van der Waals surface area contributed by atoms with Gasteiger partial charge in [0.2, 0.25) is 0 Å². The van der Waals surface area contributed by atoms with Crippen molar-refractivity contribution in [3.63, 3.8) is 0 Å². The van der Waals surface area contributed by atoms with Crippen molar-refractivity contribution in [2.24, 2.45) is 0 Å². The standard InChI is InChI=1S/C11H13O3.3C4H9.Sn/c1-9(8-13-10(2)12)14-11-6-4-3-5-7-11;3*1-3-4-2;/h4-7,9H,8H2,1-2H3;3*1,3-4H2,2H3;. The van der Waals surface area contributed by atoms with E-state index in [2.05, 4.69) is 45.0 Å². The Balaban J connectivity index is 2.92. The van der Waals surface area contributed by atoms with Crippen molar-refractivity contribution < 1.29 is 14.3 Å². The second-order valence-corrected chi connectivity index (χ2v) is 21.1. The van der Waals surface area contributed by atoms with E-state index >= 15 is 0 Å². The number of benzene rings is 1. The fourth-order valence-electron chi connectivity index (χ4n) is 3.74. The van der Waals surface area contributed by atoms with Crippen LogP contribution >= 0.6 is 0 Å². The first kappa shape index (κ1) is 24.3. The van der Waals surface area contributed by atoms with Crippen molar-refractivity contribution in [2.45, 2.75) is 92.6 Å². The third-order valence-corrected chi connectivity index (χ3v) is 21.0. The Hall–Kier alpha value is -0.711. The molecule has 0 saturated carbocycles. The summed E-state index contributed by atoms with van der Waals surface area (Å²) in [7, 11) is 0. The summed E-state index contributed by atoms with van der Waals surface area (Å²) in [4.78, 5) is 10.9. The summed E-state index contributed by atoms with van der Waals surface area (Å²) in [5.41, 5.74) is 0. The Bertz CT molecular complexity index is 505. The molecule has 3 nitrogen and oxygen atoms in total. The van der Waals surface area contributed by atoms with Crippen LogP contribution in [0.1, 0.15) is 73.1 Å². The first-order valence-electron chi connectivity index (χ1n) is 10.9. The van der Waals surface area contributed by atoms with Gasteiger partial charge in [-0.15, -0.1) is 0 Å². The summed E-state index contributed by atoms with van der Waals surface area (Å²) in [6.45, 7) is 10.6. The molecule has 0 bridgehead atoms. The number of esters is 1.